The van der Waals surface area contributed by atoms with Gasteiger partial charge < -0.3 is 5.11 Å². The number of rotatable bonds is 5. The maximum atomic E-state index is 11.6. The van der Waals surface area contributed by atoms with E-state index < -0.39 is 11.4 Å². The molecule has 1 fully saturated rings. The topological polar surface area (TPSA) is 58.4 Å². The third kappa shape index (κ3) is 3.16. The monoisotopic (exact) mass is 357 g/mol. The molecule has 0 bridgehead atoms. The number of aliphatic carboxylic acids is 1. The number of likely N-dealkylation sites (tertiary alicyclic amines) is 1. The quantitative estimate of drug-likeness (QED) is 0.879. The highest BCUT2D eigenvalue weighted by atomic mass is 79.9. The van der Waals surface area contributed by atoms with Crippen molar-refractivity contribution in [2.24, 2.45) is 12.5 Å². The zero-order chi connectivity index (χ0) is 15.6. The van der Waals surface area contributed by atoms with Gasteiger partial charge in [-0.1, -0.05) is 13.8 Å². The predicted molar refractivity (Wildman–Crippen MR) is 85.2 cm³/mol. The second-order valence-corrected chi connectivity index (χ2v) is 6.73. The van der Waals surface area contributed by atoms with Gasteiger partial charge in [-0.3, -0.25) is 14.4 Å². The summed E-state index contributed by atoms with van der Waals surface area (Å²) in [6, 6.07) is 0. The summed E-state index contributed by atoms with van der Waals surface area (Å²) < 4.78 is 2.97. The minimum absolute atomic E-state index is 0.586. The van der Waals surface area contributed by atoms with Crippen molar-refractivity contribution >= 4 is 21.9 Å². The molecule has 5 nitrogen and oxygen atoms in total. The first-order valence-corrected chi connectivity index (χ1v) is 8.38. The molecule has 1 saturated heterocycles. The van der Waals surface area contributed by atoms with Crippen LogP contribution < -0.4 is 0 Å². The highest BCUT2D eigenvalue weighted by Gasteiger charge is 2.40. The standard InChI is InChI=1S/C15H24BrN3O2/c1-4-11-13(16)12(18(3)17-11)9-19-8-6-7-15(5-2,10-19)14(20)21/h4-10H2,1-3H3,(H,20,21). The lowest BCUT2D eigenvalue weighted by atomic mass is 9.77. The molecular formula is C15H24BrN3O2. The van der Waals surface area contributed by atoms with Gasteiger partial charge in [0.2, 0.25) is 0 Å². The van der Waals surface area contributed by atoms with Crippen molar-refractivity contribution in [2.45, 2.75) is 46.1 Å². The van der Waals surface area contributed by atoms with Crippen LogP contribution in [-0.4, -0.2) is 38.8 Å². The molecule has 0 saturated carbocycles. The molecule has 6 heteroatoms. The molecule has 118 valence electrons. The summed E-state index contributed by atoms with van der Waals surface area (Å²) in [5.41, 5.74) is 1.60. The average Bonchev–Trinajstić information content (AvgIpc) is 2.74. The van der Waals surface area contributed by atoms with Crippen LogP contribution in [0.3, 0.4) is 0 Å². The molecule has 1 unspecified atom stereocenters. The number of carboxylic acid groups (broad SMARTS) is 1. The van der Waals surface area contributed by atoms with E-state index in [9.17, 15) is 9.90 Å². The molecule has 1 aromatic heterocycles. The van der Waals surface area contributed by atoms with Crippen molar-refractivity contribution in [1.82, 2.24) is 14.7 Å². The molecule has 1 N–H and O–H groups in total. The Morgan fingerprint density at radius 3 is 2.71 bits per heavy atom. The normalized spacial score (nSPS) is 23.4. The van der Waals surface area contributed by atoms with Crippen molar-refractivity contribution in [3.05, 3.63) is 15.9 Å². The fraction of sp³-hybridized carbons (Fsp3) is 0.733. The fourth-order valence-electron chi connectivity index (χ4n) is 3.18. The number of halogens is 1. The predicted octanol–water partition coefficient (Wildman–Crippen LogP) is 2.82. The van der Waals surface area contributed by atoms with Gasteiger partial charge in [0, 0.05) is 20.1 Å². The molecular weight excluding hydrogens is 334 g/mol. The molecule has 0 radical (unpaired) electrons. The number of aryl methyl sites for hydroxylation is 2. The molecule has 2 rings (SSSR count). The molecule has 0 aromatic carbocycles. The minimum Gasteiger partial charge on any atom is -0.481 e. The van der Waals surface area contributed by atoms with Crippen LogP contribution in [-0.2, 0) is 24.8 Å². The fourth-order valence-corrected chi connectivity index (χ4v) is 3.92. The summed E-state index contributed by atoms with van der Waals surface area (Å²) in [5.74, 6) is -0.659. The van der Waals surface area contributed by atoms with Gasteiger partial charge in [0.25, 0.3) is 0 Å². The van der Waals surface area contributed by atoms with E-state index in [1.165, 1.54) is 0 Å². The highest BCUT2D eigenvalue weighted by molar-refractivity contribution is 9.10. The van der Waals surface area contributed by atoms with Gasteiger partial charge in [0.05, 0.1) is 21.3 Å². The first-order valence-electron chi connectivity index (χ1n) is 7.59. The van der Waals surface area contributed by atoms with Crippen LogP contribution in [0.25, 0.3) is 0 Å². The van der Waals surface area contributed by atoms with E-state index in [-0.39, 0.29) is 0 Å². The molecule has 1 aliphatic rings. The number of aromatic nitrogens is 2. The van der Waals surface area contributed by atoms with Gasteiger partial charge in [0.1, 0.15) is 0 Å². The van der Waals surface area contributed by atoms with Crippen molar-refractivity contribution in [1.29, 1.82) is 0 Å². The van der Waals surface area contributed by atoms with Gasteiger partial charge >= 0.3 is 5.97 Å². The Kier molecular flexibility index (Phi) is 5.09. The largest absolute Gasteiger partial charge is 0.481 e. The smallest absolute Gasteiger partial charge is 0.310 e. The van der Waals surface area contributed by atoms with E-state index in [0.29, 0.717) is 13.0 Å². The Morgan fingerprint density at radius 1 is 1.48 bits per heavy atom. The van der Waals surface area contributed by atoms with Crippen LogP contribution in [0.4, 0.5) is 0 Å². The first kappa shape index (κ1) is 16.5. The van der Waals surface area contributed by atoms with Crippen molar-refractivity contribution in [3.8, 4) is 0 Å². The van der Waals surface area contributed by atoms with E-state index in [4.69, 9.17) is 0 Å². The van der Waals surface area contributed by atoms with Gasteiger partial charge in [-0.2, -0.15) is 5.10 Å². The van der Waals surface area contributed by atoms with E-state index in [1.807, 2.05) is 18.7 Å². The number of carboxylic acids is 1. The second kappa shape index (κ2) is 6.48. The number of nitrogens with zero attached hydrogens (tertiary/aromatic N) is 3. The van der Waals surface area contributed by atoms with Crippen LogP contribution >= 0.6 is 15.9 Å². The van der Waals surface area contributed by atoms with Gasteiger partial charge in [-0.25, -0.2) is 0 Å². The molecule has 0 amide bonds. The Hall–Kier alpha value is -0.880. The van der Waals surface area contributed by atoms with Crippen LogP contribution in [0.5, 0.6) is 0 Å². The summed E-state index contributed by atoms with van der Waals surface area (Å²) in [6.45, 7) is 6.39. The lowest BCUT2D eigenvalue weighted by molar-refractivity contribution is -0.153. The molecule has 21 heavy (non-hydrogen) atoms. The van der Waals surface area contributed by atoms with Crippen LogP contribution in [0.1, 0.15) is 44.5 Å². The van der Waals surface area contributed by atoms with Crippen molar-refractivity contribution in [3.63, 3.8) is 0 Å². The number of hydrogen-bond acceptors (Lipinski definition) is 3. The van der Waals surface area contributed by atoms with Gasteiger partial charge in [-0.05, 0) is 48.2 Å². The van der Waals surface area contributed by atoms with Crippen molar-refractivity contribution < 1.29 is 9.90 Å². The van der Waals surface area contributed by atoms with Crippen molar-refractivity contribution in [2.75, 3.05) is 13.1 Å². The van der Waals surface area contributed by atoms with Gasteiger partial charge in [0.15, 0.2) is 0 Å². The van der Waals surface area contributed by atoms with Crippen LogP contribution in [0.2, 0.25) is 0 Å². The van der Waals surface area contributed by atoms with E-state index in [1.54, 1.807) is 0 Å². The Balaban J connectivity index is 2.17. The summed E-state index contributed by atoms with van der Waals surface area (Å²) in [4.78, 5) is 13.9. The third-order valence-corrected chi connectivity index (χ3v) is 5.58. The lowest BCUT2D eigenvalue weighted by Crippen LogP contribution is -2.47. The number of hydrogen-bond donors (Lipinski definition) is 1. The van der Waals surface area contributed by atoms with E-state index in [0.717, 1.165) is 48.2 Å². The molecule has 0 aliphatic carbocycles. The summed E-state index contributed by atoms with van der Waals surface area (Å²) in [5, 5.41) is 14.1. The summed E-state index contributed by atoms with van der Waals surface area (Å²) in [7, 11) is 1.95. The molecule has 0 spiro atoms. The van der Waals surface area contributed by atoms with E-state index >= 15 is 0 Å². The number of piperidine rings is 1. The SMILES string of the molecule is CCc1nn(C)c(CN2CCCC(CC)(C(=O)O)C2)c1Br. The maximum Gasteiger partial charge on any atom is 0.310 e. The Morgan fingerprint density at radius 2 is 2.19 bits per heavy atom. The highest BCUT2D eigenvalue weighted by Crippen LogP contribution is 2.35. The molecule has 1 aromatic rings. The summed E-state index contributed by atoms with van der Waals surface area (Å²) >= 11 is 3.64. The maximum absolute atomic E-state index is 11.6. The van der Waals surface area contributed by atoms with Crippen LogP contribution in [0, 0.1) is 5.41 Å². The molecule has 1 atom stereocenters. The number of carbonyl (C=O) groups is 1. The minimum atomic E-state index is -0.659. The second-order valence-electron chi connectivity index (χ2n) is 5.94. The summed E-state index contributed by atoms with van der Waals surface area (Å²) in [6.07, 6.45) is 3.30. The Bertz CT molecular complexity index is 529. The van der Waals surface area contributed by atoms with Gasteiger partial charge in [-0.15, -0.1) is 0 Å². The zero-order valence-corrected chi connectivity index (χ0v) is 14.6. The average molecular weight is 358 g/mol. The molecule has 1 aliphatic heterocycles. The van der Waals surface area contributed by atoms with Crippen LogP contribution in [0.15, 0.2) is 4.47 Å². The lowest BCUT2D eigenvalue weighted by Gasteiger charge is -2.39. The molecule has 2 heterocycles. The third-order valence-electron chi connectivity index (χ3n) is 4.66. The van der Waals surface area contributed by atoms with E-state index in [2.05, 4.69) is 32.9 Å². The first-order chi connectivity index (χ1) is 9.93. The zero-order valence-electron chi connectivity index (χ0n) is 13.0. The Labute approximate surface area is 134 Å².